The Morgan fingerprint density at radius 2 is 1.93 bits per heavy atom. The van der Waals surface area contributed by atoms with Crippen LogP contribution in [0.5, 0.6) is 0 Å². The molecule has 0 spiro atoms. The number of piperazine rings is 1. The molecule has 1 aromatic carbocycles. The second-order valence-corrected chi connectivity index (χ2v) is 8.36. The third kappa shape index (κ3) is 5.16. The highest BCUT2D eigenvalue weighted by molar-refractivity contribution is 5.94. The highest BCUT2D eigenvalue weighted by atomic mass is 16.5. The Labute approximate surface area is 173 Å². The number of hydrogen-bond donors (Lipinski definition) is 2. The van der Waals surface area contributed by atoms with E-state index in [9.17, 15) is 9.59 Å². The summed E-state index contributed by atoms with van der Waals surface area (Å²) in [7, 11) is 0. The van der Waals surface area contributed by atoms with E-state index in [2.05, 4.69) is 58.5 Å². The molecule has 0 aromatic heterocycles. The largest absolute Gasteiger partial charge is 0.463 e. The summed E-state index contributed by atoms with van der Waals surface area (Å²) in [5, 5.41) is 5.59. The molecule has 29 heavy (non-hydrogen) atoms. The molecule has 0 aliphatic carbocycles. The molecule has 2 aliphatic rings. The third-order valence-electron chi connectivity index (χ3n) is 5.62. The SMILES string of the molecule is CCOC(=O)C1=C(CN2CCN(Cc3ccccc3)C(C)(C)C2)NC(=O)NC1C. The molecule has 0 saturated carbocycles. The number of rotatable bonds is 6. The monoisotopic (exact) mass is 400 g/mol. The summed E-state index contributed by atoms with van der Waals surface area (Å²) in [6.07, 6.45) is 0. The van der Waals surface area contributed by atoms with Crippen LogP contribution in [0.25, 0.3) is 0 Å². The maximum absolute atomic E-state index is 12.5. The van der Waals surface area contributed by atoms with E-state index in [1.165, 1.54) is 5.56 Å². The van der Waals surface area contributed by atoms with E-state index in [1.54, 1.807) is 6.92 Å². The Morgan fingerprint density at radius 3 is 2.59 bits per heavy atom. The summed E-state index contributed by atoms with van der Waals surface area (Å²) in [6, 6.07) is 9.85. The minimum atomic E-state index is -0.371. The smallest absolute Gasteiger partial charge is 0.337 e. The molecule has 1 unspecified atom stereocenters. The Bertz CT molecular complexity index is 776. The highest BCUT2D eigenvalue weighted by Crippen LogP contribution is 2.25. The van der Waals surface area contributed by atoms with E-state index in [4.69, 9.17) is 4.74 Å². The minimum Gasteiger partial charge on any atom is -0.463 e. The van der Waals surface area contributed by atoms with Crippen molar-refractivity contribution in [3.8, 4) is 0 Å². The van der Waals surface area contributed by atoms with Crippen LogP contribution >= 0.6 is 0 Å². The zero-order valence-corrected chi connectivity index (χ0v) is 17.8. The Hall–Kier alpha value is -2.38. The lowest BCUT2D eigenvalue weighted by molar-refractivity contribution is -0.139. The second-order valence-electron chi connectivity index (χ2n) is 8.36. The van der Waals surface area contributed by atoms with Gasteiger partial charge in [0.1, 0.15) is 0 Å². The van der Waals surface area contributed by atoms with E-state index in [0.29, 0.717) is 24.4 Å². The Morgan fingerprint density at radius 1 is 1.21 bits per heavy atom. The van der Waals surface area contributed by atoms with Crippen LogP contribution in [0.15, 0.2) is 41.6 Å². The zero-order chi connectivity index (χ0) is 21.0. The molecule has 158 valence electrons. The fourth-order valence-electron chi connectivity index (χ4n) is 4.15. The molecule has 3 rings (SSSR count). The summed E-state index contributed by atoms with van der Waals surface area (Å²) in [5.74, 6) is -0.371. The van der Waals surface area contributed by atoms with Gasteiger partial charge in [-0.25, -0.2) is 9.59 Å². The predicted molar refractivity (Wildman–Crippen MR) is 112 cm³/mol. The van der Waals surface area contributed by atoms with E-state index < -0.39 is 0 Å². The van der Waals surface area contributed by atoms with E-state index >= 15 is 0 Å². The zero-order valence-electron chi connectivity index (χ0n) is 17.8. The molecule has 1 atom stereocenters. The topological polar surface area (TPSA) is 73.9 Å². The molecular weight excluding hydrogens is 368 g/mol. The fourth-order valence-corrected chi connectivity index (χ4v) is 4.15. The van der Waals surface area contributed by atoms with Crippen molar-refractivity contribution in [3.63, 3.8) is 0 Å². The molecule has 2 N–H and O–H groups in total. The van der Waals surface area contributed by atoms with Crippen molar-refractivity contribution in [3.05, 3.63) is 47.2 Å². The first kappa shape index (κ1) is 21.3. The van der Waals surface area contributed by atoms with Gasteiger partial charge in [-0.05, 0) is 33.3 Å². The van der Waals surface area contributed by atoms with Crippen LogP contribution in [0.3, 0.4) is 0 Å². The van der Waals surface area contributed by atoms with Crippen molar-refractivity contribution in [2.75, 3.05) is 32.8 Å². The van der Waals surface area contributed by atoms with Crippen LogP contribution in [0, 0.1) is 0 Å². The number of urea groups is 1. The van der Waals surface area contributed by atoms with Crippen molar-refractivity contribution < 1.29 is 14.3 Å². The maximum atomic E-state index is 12.5. The summed E-state index contributed by atoms with van der Waals surface area (Å²) >= 11 is 0. The van der Waals surface area contributed by atoms with Crippen LogP contribution < -0.4 is 10.6 Å². The molecule has 1 fully saturated rings. The van der Waals surface area contributed by atoms with Crippen molar-refractivity contribution in [2.45, 2.75) is 45.8 Å². The number of esters is 1. The number of nitrogens with one attached hydrogen (secondary N) is 2. The standard InChI is InChI=1S/C22H32N4O3/c1-5-29-20(27)19-16(2)23-21(28)24-18(19)14-25-11-12-26(22(3,4)15-25)13-17-9-7-6-8-10-17/h6-10,16H,5,11-15H2,1-4H3,(H2,23,24,28). The number of carbonyl (C=O) groups excluding carboxylic acids is 2. The molecule has 7 nitrogen and oxygen atoms in total. The molecule has 2 heterocycles. The molecule has 7 heteroatoms. The van der Waals surface area contributed by atoms with Gasteiger partial charge in [-0.2, -0.15) is 0 Å². The Balaban J connectivity index is 1.72. The molecule has 1 aromatic rings. The summed E-state index contributed by atoms with van der Waals surface area (Å²) in [5.41, 5.74) is 2.44. The minimum absolute atomic E-state index is 0.0265. The van der Waals surface area contributed by atoms with Crippen molar-refractivity contribution >= 4 is 12.0 Å². The van der Waals surface area contributed by atoms with Gasteiger partial charge in [0, 0.05) is 44.0 Å². The van der Waals surface area contributed by atoms with Crippen LogP contribution in [0.4, 0.5) is 4.79 Å². The van der Waals surface area contributed by atoms with Crippen molar-refractivity contribution in [1.29, 1.82) is 0 Å². The molecule has 1 saturated heterocycles. The molecule has 2 aliphatic heterocycles. The lowest BCUT2D eigenvalue weighted by atomic mass is 9.96. The van der Waals surface area contributed by atoms with Crippen LogP contribution in [0.2, 0.25) is 0 Å². The first-order valence-corrected chi connectivity index (χ1v) is 10.3. The summed E-state index contributed by atoms with van der Waals surface area (Å²) in [4.78, 5) is 29.2. The van der Waals surface area contributed by atoms with Crippen LogP contribution in [-0.2, 0) is 16.1 Å². The first-order chi connectivity index (χ1) is 13.8. The van der Waals surface area contributed by atoms with E-state index in [-0.39, 0.29) is 23.6 Å². The number of benzene rings is 1. The van der Waals surface area contributed by atoms with Gasteiger partial charge in [-0.3, -0.25) is 9.80 Å². The lowest BCUT2D eigenvalue weighted by Crippen LogP contribution is -2.60. The van der Waals surface area contributed by atoms with E-state index in [0.717, 1.165) is 26.2 Å². The number of carbonyl (C=O) groups is 2. The Kier molecular flexibility index (Phi) is 6.59. The number of amides is 2. The van der Waals surface area contributed by atoms with Gasteiger partial charge in [0.05, 0.1) is 18.2 Å². The van der Waals surface area contributed by atoms with Gasteiger partial charge in [0.15, 0.2) is 0 Å². The van der Waals surface area contributed by atoms with Crippen LogP contribution in [0.1, 0.15) is 33.3 Å². The quantitative estimate of drug-likeness (QED) is 0.716. The van der Waals surface area contributed by atoms with E-state index in [1.807, 2.05) is 13.0 Å². The number of nitrogens with zero attached hydrogens (tertiary/aromatic N) is 2. The second kappa shape index (κ2) is 8.97. The first-order valence-electron chi connectivity index (χ1n) is 10.3. The summed E-state index contributed by atoms with van der Waals surface area (Å²) < 4.78 is 5.22. The lowest BCUT2D eigenvalue weighted by Gasteiger charge is -2.47. The third-order valence-corrected chi connectivity index (χ3v) is 5.62. The number of hydrogen-bond acceptors (Lipinski definition) is 5. The molecule has 2 amide bonds. The highest BCUT2D eigenvalue weighted by Gasteiger charge is 2.36. The average molecular weight is 401 g/mol. The van der Waals surface area contributed by atoms with Gasteiger partial charge >= 0.3 is 12.0 Å². The van der Waals surface area contributed by atoms with Gasteiger partial charge in [-0.15, -0.1) is 0 Å². The van der Waals surface area contributed by atoms with Crippen LogP contribution in [-0.4, -0.2) is 66.2 Å². The van der Waals surface area contributed by atoms with Gasteiger partial charge in [0.2, 0.25) is 0 Å². The van der Waals surface area contributed by atoms with Gasteiger partial charge in [-0.1, -0.05) is 30.3 Å². The van der Waals surface area contributed by atoms with Gasteiger partial charge < -0.3 is 15.4 Å². The van der Waals surface area contributed by atoms with Gasteiger partial charge in [0.25, 0.3) is 0 Å². The fraction of sp³-hybridized carbons (Fsp3) is 0.545. The molecule has 0 radical (unpaired) electrons. The maximum Gasteiger partial charge on any atom is 0.337 e. The van der Waals surface area contributed by atoms with Crippen molar-refractivity contribution in [1.82, 2.24) is 20.4 Å². The average Bonchev–Trinajstić information content (AvgIpc) is 2.64. The molecule has 0 bridgehead atoms. The number of ether oxygens (including phenoxy) is 1. The molecular formula is C22H32N4O3. The predicted octanol–water partition coefficient (Wildman–Crippen LogP) is 2.10. The van der Waals surface area contributed by atoms with Crippen molar-refractivity contribution in [2.24, 2.45) is 0 Å². The summed E-state index contributed by atoms with van der Waals surface area (Å²) in [6.45, 7) is 12.5. The normalized spacial score (nSPS) is 22.8.